The molecule has 0 aliphatic rings. The molecule has 1 atom stereocenters. The van der Waals surface area contributed by atoms with Crippen LogP contribution in [-0.2, 0) is 0 Å². The number of aliphatic hydroxyl groups is 1. The first kappa shape index (κ1) is 12.6. The van der Waals surface area contributed by atoms with Gasteiger partial charge in [0.25, 0.3) is 0 Å². The molecule has 1 aromatic carbocycles. The fourth-order valence-corrected chi connectivity index (χ4v) is 1.20. The molecule has 0 spiro atoms. The van der Waals surface area contributed by atoms with Crippen molar-refractivity contribution in [2.45, 2.75) is 6.10 Å². The van der Waals surface area contributed by atoms with Crippen molar-refractivity contribution >= 4 is 17.6 Å². The summed E-state index contributed by atoms with van der Waals surface area (Å²) in [5, 5.41) is 9.96. The van der Waals surface area contributed by atoms with Crippen molar-refractivity contribution in [1.29, 1.82) is 0 Å². The minimum Gasteiger partial charge on any atom is -0.489 e. The largest absolute Gasteiger partial charge is 0.489 e. The van der Waals surface area contributed by atoms with E-state index in [1.165, 1.54) is 0 Å². The van der Waals surface area contributed by atoms with Crippen LogP contribution in [0.15, 0.2) is 29.3 Å². The Morgan fingerprint density at radius 1 is 1.44 bits per heavy atom. The van der Waals surface area contributed by atoms with Crippen molar-refractivity contribution < 1.29 is 9.84 Å². The quantitative estimate of drug-likeness (QED) is 0.514. The predicted molar refractivity (Wildman–Crippen MR) is 63.6 cm³/mol. The zero-order valence-electron chi connectivity index (χ0n) is 8.64. The molecule has 0 bridgehead atoms. The molecule has 6 heteroatoms. The Labute approximate surface area is 98.7 Å². The first-order valence-electron chi connectivity index (χ1n) is 4.70. The molecule has 0 radical (unpaired) electrons. The van der Waals surface area contributed by atoms with E-state index in [0.29, 0.717) is 10.8 Å². The maximum Gasteiger partial charge on any atom is 0.186 e. The average Bonchev–Trinajstić information content (AvgIpc) is 2.25. The summed E-state index contributed by atoms with van der Waals surface area (Å²) < 4.78 is 5.30. The van der Waals surface area contributed by atoms with Crippen molar-refractivity contribution in [3.63, 3.8) is 0 Å². The van der Waals surface area contributed by atoms with Crippen molar-refractivity contribution in [2.75, 3.05) is 13.2 Å². The lowest BCUT2D eigenvalue weighted by Gasteiger charge is -2.11. The lowest BCUT2D eigenvalue weighted by molar-refractivity contribution is 0.114. The molecule has 1 unspecified atom stereocenters. The molecule has 1 aromatic rings. The Morgan fingerprint density at radius 3 is 2.75 bits per heavy atom. The lowest BCUT2D eigenvalue weighted by atomic mass is 10.3. The number of halogens is 1. The summed E-state index contributed by atoms with van der Waals surface area (Å²) in [7, 11) is 0. The van der Waals surface area contributed by atoms with Gasteiger partial charge >= 0.3 is 0 Å². The zero-order valence-corrected chi connectivity index (χ0v) is 9.39. The molecule has 0 aliphatic carbocycles. The van der Waals surface area contributed by atoms with Gasteiger partial charge in [0, 0.05) is 0 Å². The fraction of sp³-hybridized carbons (Fsp3) is 0.300. The van der Waals surface area contributed by atoms with Crippen LogP contribution in [0.5, 0.6) is 5.75 Å². The molecule has 5 nitrogen and oxygen atoms in total. The Morgan fingerprint density at radius 2 is 2.12 bits per heavy atom. The molecule has 16 heavy (non-hydrogen) atoms. The second kappa shape index (κ2) is 6.19. The molecule has 0 aliphatic heterocycles. The third kappa shape index (κ3) is 4.37. The minimum atomic E-state index is -0.765. The summed E-state index contributed by atoms with van der Waals surface area (Å²) >= 11 is 5.86. The number of nitrogens with two attached hydrogens (primary N) is 2. The van der Waals surface area contributed by atoms with Crippen LogP contribution < -0.4 is 16.2 Å². The van der Waals surface area contributed by atoms with Crippen LogP contribution in [0.2, 0.25) is 5.02 Å². The van der Waals surface area contributed by atoms with E-state index in [9.17, 15) is 5.11 Å². The van der Waals surface area contributed by atoms with Crippen molar-refractivity contribution in [3.05, 3.63) is 29.3 Å². The van der Waals surface area contributed by atoms with Gasteiger partial charge in [0.15, 0.2) is 5.96 Å². The lowest BCUT2D eigenvalue weighted by Crippen LogP contribution is -2.27. The van der Waals surface area contributed by atoms with Gasteiger partial charge < -0.3 is 21.3 Å². The number of ether oxygens (including phenoxy) is 1. The predicted octanol–water partition coefficient (Wildman–Crippen LogP) is 0.353. The van der Waals surface area contributed by atoms with Crippen LogP contribution in [-0.4, -0.2) is 30.3 Å². The van der Waals surface area contributed by atoms with E-state index in [1.54, 1.807) is 24.3 Å². The van der Waals surface area contributed by atoms with Gasteiger partial charge in [-0.2, -0.15) is 0 Å². The van der Waals surface area contributed by atoms with E-state index in [2.05, 4.69) is 4.99 Å². The van der Waals surface area contributed by atoms with Crippen molar-refractivity contribution in [1.82, 2.24) is 0 Å². The van der Waals surface area contributed by atoms with Gasteiger partial charge in [-0.15, -0.1) is 0 Å². The van der Waals surface area contributed by atoms with Crippen LogP contribution >= 0.6 is 11.6 Å². The van der Waals surface area contributed by atoms with E-state index in [-0.39, 0.29) is 19.1 Å². The highest BCUT2D eigenvalue weighted by molar-refractivity contribution is 6.32. The molecule has 0 aromatic heterocycles. The Balaban J connectivity index is 2.40. The zero-order chi connectivity index (χ0) is 12.0. The van der Waals surface area contributed by atoms with Gasteiger partial charge in [0.05, 0.1) is 11.6 Å². The number of benzene rings is 1. The highest BCUT2D eigenvalue weighted by atomic mass is 35.5. The van der Waals surface area contributed by atoms with E-state index >= 15 is 0 Å². The maximum absolute atomic E-state index is 9.46. The first-order chi connectivity index (χ1) is 7.59. The van der Waals surface area contributed by atoms with Gasteiger partial charge in [-0.3, -0.25) is 4.99 Å². The monoisotopic (exact) mass is 243 g/mol. The third-order valence-electron chi connectivity index (χ3n) is 1.75. The summed E-state index contributed by atoms with van der Waals surface area (Å²) in [6.07, 6.45) is -0.765. The Hall–Kier alpha value is -1.46. The van der Waals surface area contributed by atoms with Crippen LogP contribution in [0.25, 0.3) is 0 Å². The number of hydrogen-bond acceptors (Lipinski definition) is 3. The number of aliphatic imine (C=N–C) groups is 1. The number of para-hydroxylation sites is 1. The first-order valence-corrected chi connectivity index (χ1v) is 5.08. The second-order valence-corrected chi connectivity index (χ2v) is 3.57. The molecule has 0 heterocycles. The highest BCUT2D eigenvalue weighted by Gasteiger charge is 2.06. The number of guanidine groups is 1. The highest BCUT2D eigenvalue weighted by Crippen LogP contribution is 2.22. The summed E-state index contributed by atoms with van der Waals surface area (Å²) in [5.41, 5.74) is 10.3. The third-order valence-corrected chi connectivity index (χ3v) is 2.06. The van der Waals surface area contributed by atoms with E-state index in [1.807, 2.05) is 0 Å². The van der Waals surface area contributed by atoms with E-state index in [0.717, 1.165) is 0 Å². The molecule has 88 valence electrons. The number of nitrogens with zero attached hydrogens (tertiary/aromatic N) is 1. The summed E-state index contributed by atoms with van der Waals surface area (Å²) in [5.74, 6) is 0.463. The Bertz CT molecular complexity index is 367. The molecule has 0 amide bonds. The smallest absolute Gasteiger partial charge is 0.186 e. The van der Waals surface area contributed by atoms with Crippen molar-refractivity contribution in [3.8, 4) is 5.75 Å². The molecule has 0 fully saturated rings. The normalized spacial score (nSPS) is 11.9. The average molecular weight is 244 g/mol. The molecular weight excluding hydrogens is 230 g/mol. The SMILES string of the molecule is NC(N)=NCC(O)COc1ccccc1Cl. The molecule has 1 rings (SSSR count). The van der Waals surface area contributed by atoms with Gasteiger partial charge in [-0.05, 0) is 12.1 Å². The van der Waals surface area contributed by atoms with Crippen LogP contribution in [0.4, 0.5) is 0 Å². The van der Waals surface area contributed by atoms with Gasteiger partial charge in [-0.1, -0.05) is 23.7 Å². The Kier molecular flexibility index (Phi) is 4.88. The summed E-state index contributed by atoms with van der Waals surface area (Å²) in [4.78, 5) is 3.67. The van der Waals surface area contributed by atoms with Gasteiger partial charge in [0.1, 0.15) is 18.5 Å². The van der Waals surface area contributed by atoms with Gasteiger partial charge in [-0.25, -0.2) is 0 Å². The molecule has 0 saturated heterocycles. The summed E-state index contributed by atoms with van der Waals surface area (Å²) in [6, 6.07) is 7.02. The topological polar surface area (TPSA) is 93.9 Å². The number of hydrogen-bond donors (Lipinski definition) is 3. The fourth-order valence-electron chi connectivity index (χ4n) is 1.01. The molecule has 5 N–H and O–H groups in total. The number of aliphatic hydroxyl groups excluding tert-OH is 1. The molecule has 0 saturated carbocycles. The number of rotatable bonds is 5. The van der Waals surface area contributed by atoms with E-state index < -0.39 is 6.10 Å². The minimum absolute atomic E-state index is 0.0585. The van der Waals surface area contributed by atoms with Crippen LogP contribution in [0.1, 0.15) is 0 Å². The van der Waals surface area contributed by atoms with Crippen molar-refractivity contribution in [2.24, 2.45) is 16.5 Å². The molecular formula is C10H14ClN3O2. The maximum atomic E-state index is 9.46. The standard InChI is InChI=1S/C10H14ClN3O2/c11-8-3-1-2-4-9(8)16-6-7(15)5-14-10(12)13/h1-4,7,15H,5-6H2,(H4,12,13,14). The van der Waals surface area contributed by atoms with Crippen LogP contribution in [0, 0.1) is 0 Å². The summed E-state index contributed by atoms with van der Waals surface area (Å²) in [6.45, 7) is 0.188. The van der Waals surface area contributed by atoms with Crippen LogP contribution in [0.3, 0.4) is 0 Å². The van der Waals surface area contributed by atoms with E-state index in [4.69, 9.17) is 27.8 Å². The van der Waals surface area contributed by atoms with Gasteiger partial charge in [0.2, 0.25) is 0 Å². The second-order valence-electron chi connectivity index (χ2n) is 3.16.